The van der Waals surface area contributed by atoms with Crippen molar-refractivity contribution in [1.82, 2.24) is 5.32 Å². The Morgan fingerprint density at radius 3 is 2.14 bits per heavy atom. The Bertz CT molecular complexity index is 329. The van der Waals surface area contributed by atoms with Gasteiger partial charge in [0.1, 0.15) is 6.04 Å². The van der Waals surface area contributed by atoms with E-state index in [4.69, 9.17) is 9.47 Å². The molecule has 0 heterocycles. The van der Waals surface area contributed by atoms with Gasteiger partial charge in [0.15, 0.2) is 0 Å². The number of amides is 1. The van der Waals surface area contributed by atoms with E-state index in [0.717, 1.165) is 19.3 Å². The number of rotatable bonds is 10. The average Bonchev–Trinajstić information content (AvgIpc) is 2.45. The summed E-state index contributed by atoms with van der Waals surface area (Å²) >= 11 is 0. The first kappa shape index (κ1) is 20.7. The first-order valence-corrected chi connectivity index (χ1v) is 8.37. The molecule has 5 heteroatoms. The molecule has 0 aromatic heterocycles. The number of hydrogen-bond acceptors (Lipinski definition) is 4. The van der Waals surface area contributed by atoms with Crippen molar-refractivity contribution < 1.29 is 19.1 Å². The lowest BCUT2D eigenvalue weighted by atomic mass is 9.99. The molecule has 130 valence electrons. The van der Waals surface area contributed by atoms with Crippen LogP contribution in [0.25, 0.3) is 0 Å². The van der Waals surface area contributed by atoms with Crippen molar-refractivity contribution in [3.63, 3.8) is 0 Å². The lowest BCUT2D eigenvalue weighted by Crippen LogP contribution is -2.46. The van der Waals surface area contributed by atoms with Crippen molar-refractivity contribution in [2.75, 3.05) is 13.2 Å². The molecule has 1 N–H and O–H groups in total. The van der Waals surface area contributed by atoms with Gasteiger partial charge in [0, 0.05) is 0 Å². The fourth-order valence-electron chi connectivity index (χ4n) is 1.83. The summed E-state index contributed by atoms with van der Waals surface area (Å²) in [5, 5.41) is 2.64. The van der Waals surface area contributed by atoms with Gasteiger partial charge < -0.3 is 14.8 Å². The van der Waals surface area contributed by atoms with E-state index in [1.54, 1.807) is 0 Å². The van der Waals surface area contributed by atoms with Crippen LogP contribution >= 0.6 is 0 Å². The third kappa shape index (κ3) is 9.64. The first-order valence-electron chi connectivity index (χ1n) is 8.37. The maximum absolute atomic E-state index is 12.2. The zero-order valence-corrected chi connectivity index (χ0v) is 15.0. The minimum absolute atomic E-state index is 0.00389. The van der Waals surface area contributed by atoms with Crippen LogP contribution in [0.5, 0.6) is 0 Å². The predicted octanol–water partition coefficient (Wildman–Crippen LogP) is 3.76. The fourth-order valence-corrected chi connectivity index (χ4v) is 1.83. The van der Waals surface area contributed by atoms with Crippen molar-refractivity contribution in [3.8, 4) is 0 Å². The molecule has 2 unspecified atom stereocenters. The van der Waals surface area contributed by atoms with Crippen LogP contribution < -0.4 is 5.32 Å². The zero-order valence-electron chi connectivity index (χ0n) is 15.0. The van der Waals surface area contributed by atoms with Gasteiger partial charge in [-0.3, -0.25) is 0 Å². The molecule has 1 amide bonds. The highest BCUT2D eigenvalue weighted by atomic mass is 16.6. The summed E-state index contributed by atoms with van der Waals surface area (Å²) in [5.74, 6) is 0.479. The third-order valence-electron chi connectivity index (χ3n) is 3.46. The van der Waals surface area contributed by atoms with Gasteiger partial charge in [-0.15, -0.1) is 0 Å². The minimum atomic E-state index is -0.649. The lowest BCUT2D eigenvalue weighted by Gasteiger charge is -2.22. The average molecular weight is 315 g/mol. The van der Waals surface area contributed by atoms with Gasteiger partial charge >= 0.3 is 12.1 Å². The molecule has 0 spiro atoms. The normalized spacial score (nSPS) is 13.8. The smallest absolute Gasteiger partial charge is 0.407 e. The molecule has 0 saturated heterocycles. The van der Waals surface area contributed by atoms with Crippen molar-refractivity contribution in [1.29, 1.82) is 0 Å². The van der Waals surface area contributed by atoms with E-state index in [-0.39, 0.29) is 17.8 Å². The van der Waals surface area contributed by atoms with E-state index in [1.807, 2.05) is 27.7 Å². The number of esters is 1. The van der Waals surface area contributed by atoms with Crippen LogP contribution in [0.3, 0.4) is 0 Å². The van der Waals surface area contributed by atoms with E-state index in [1.165, 1.54) is 0 Å². The van der Waals surface area contributed by atoms with E-state index in [0.29, 0.717) is 19.1 Å². The van der Waals surface area contributed by atoms with Gasteiger partial charge in [-0.05, 0) is 30.6 Å². The second-order valence-electron chi connectivity index (χ2n) is 6.70. The summed E-state index contributed by atoms with van der Waals surface area (Å²) in [7, 11) is 0. The molecule has 0 aliphatic heterocycles. The molecule has 0 radical (unpaired) electrons. The number of alkyl carbamates (subject to hydrolysis) is 1. The summed E-state index contributed by atoms with van der Waals surface area (Å²) in [4.78, 5) is 23.9. The molecule has 22 heavy (non-hydrogen) atoms. The van der Waals surface area contributed by atoms with E-state index < -0.39 is 12.1 Å². The molecule has 0 aromatic rings. The van der Waals surface area contributed by atoms with Gasteiger partial charge in [0.2, 0.25) is 0 Å². The fraction of sp³-hybridized carbons (Fsp3) is 0.882. The second kappa shape index (κ2) is 11.3. The van der Waals surface area contributed by atoms with Crippen LogP contribution in [0.1, 0.15) is 60.8 Å². The predicted molar refractivity (Wildman–Crippen MR) is 87.6 cm³/mol. The van der Waals surface area contributed by atoms with E-state index in [9.17, 15) is 9.59 Å². The van der Waals surface area contributed by atoms with E-state index in [2.05, 4.69) is 19.2 Å². The molecule has 0 aliphatic rings. The Morgan fingerprint density at radius 1 is 1.00 bits per heavy atom. The Kier molecular flexibility index (Phi) is 10.7. The number of hydrogen-bond donors (Lipinski definition) is 1. The van der Waals surface area contributed by atoms with Gasteiger partial charge in [0.25, 0.3) is 0 Å². The van der Waals surface area contributed by atoms with Crippen LogP contribution in [0, 0.1) is 17.8 Å². The Hall–Kier alpha value is -1.26. The van der Waals surface area contributed by atoms with Crippen LogP contribution in [0.2, 0.25) is 0 Å². The SMILES string of the molecule is CCC(C)C(NC(=O)OCC(C)C)C(=O)OCCCC(C)C. The van der Waals surface area contributed by atoms with Gasteiger partial charge in [-0.25, -0.2) is 9.59 Å². The number of ether oxygens (including phenoxy) is 2. The second-order valence-corrected chi connectivity index (χ2v) is 6.70. The van der Waals surface area contributed by atoms with Crippen molar-refractivity contribution in [2.45, 2.75) is 66.8 Å². The van der Waals surface area contributed by atoms with Crippen molar-refractivity contribution >= 4 is 12.1 Å². The van der Waals surface area contributed by atoms with Crippen molar-refractivity contribution in [2.24, 2.45) is 17.8 Å². The maximum Gasteiger partial charge on any atom is 0.407 e. The quantitative estimate of drug-likeness (QED) is 0.492. The molecule has 0 saturated carbocycles. The highest BCUT2D eigenvalue weighted by molar-refractivity contribution is 5.81. The highest BCUT2D eigenvalue weighted by Gasteiger charge is 2.27. The highest BCUT2D eigenvalue weighted by Crippen LogP contribution is 2.11. The van der Waals surface area contributed by atoms with Gasteiger partial charge in [-0.2, -0.15) is 0 Å². The monoisotopic (exact) mass is 315 g/mol. The standard InChI is InChI=1S/C17H33NO4/c1-7-14(6)15(18-17(20)22-11-13(4)5)16(19)21-10-8-9-12(2)3/h12-15H,7-11H2,1-6H3,(H,18,20). The van der Waals surface area contributed by atoms with Crippen LogP contribution in [0.4, 0.5) is 4.79 Å². The van der Waals surface area contributed by atoms with Gasteiger partial charge in [-0.1, -0.05) is 48.0 Å². The Labute approximate surface area is 135 Å². The zero-order chi connectivity index (χ0) is 17.1. The summed E-state index contributed by atoms with van der Waals surface area (Å²) < 4.78 is 10.4. The molecule has 0 rings (SSSR count). The maximum atomic E-state index is 12.2. The van der Waals surface area contributed by atoms with E-state index >= 15 is 0 Å². The summed E-state index contributed by atoms with van der Waals surface area (Å²) in [6, 6.07) is -0.649. The number of nitrogens with one attached hydrogen (secondary N) is 1. The molecule has 0 fully saturated rings. The third-order valence-corrected chi connectivity index (χ3v) is 3.46. The largest absolute Gasteiger partial charge is 0.464 e. The molecule has 0 bridgehead atoms. The number of carbonyl (C=O) groups excluding carboxylic acids is 2. The molecule has 0 aromatic carbocycles. The van der Waals surface area contributed by atoms with Crippen LogP contribution in [-0.4, -0.2) is 31.3 Å². The minimum Gasteiger partial charge on any atom is -0.464 e. The molecule has 5 nitrogen and oxygen atoms in total. The summed E-state index contributed by atoms with van der Waals surface area (Å²) in [5.41, 5.74) is 0. The molecular formula is C17H33NO4. The lowest BCUT2D eigenvalue weighted by molar-refractivity contribution is -0.147. The number of carbonyl (C=O) groups is 2. The topological polar surface area (TPSA) is 64.6 Å². The van der Waals surface area contributed by atoms with Crippen molar-refractivity contribution in [3.05, 3.63) is 0 Å². The Morgan fingerprint density at radius 2 is 1.64 bits per heavy atom. The molecule has 2 atom stereocenters. The Balaban J connectivity index is 4.37. The van der Waals surface area contributed by atoms with Crippen LogP contribution in [0.15, 0.2) is 0 Å². The first-order chi connectivity index (χ1) is 10.3. The molecule has 0 aliphatic carbocycles. The summed E-state index contributed by atoms with van der Waals surface area (Å²) in [6.07, 6.45) is 2.08. The van der Waals surface area contributed by atoms with Gasteiger partial charge in [0.05, 0.1) is 13.2 Å². The summed E-state index contributed by atoms with van der Waals surface area (Å²) in [6.45, 7) is 12.8. The molecular weight excluding hydrogens is 282 g/mol. The van der Waals surface area contributed by atoms with Crippen LogP contribution in [-0.2, 0) is 14.3 Å².